The van der Waals surface area contributed by atoms with Crippen LogP contribution in [-0.2, 0) is 4.79 Å². The molecule has 0 radical (unpaired) electrons. The van der Waals surface area contributed by atoms with Crippen LogP contribution in [0.5, 0.6) is 5.75 Å². The molecule has 0 amide bonds. The Morgan fingerprint density at radius 1 is 1.53 bits per heavy atom. The van der Waals surface area contributed by atoms with Gasteiger partial charge in [-0.3, -0.25) is 4.79 Å². The van der Waals surface area contributed by atoms with E-state index in [1.807, 2.05) is 19.1 Å². The van der Waals surface area contributed by atoms with Gasteiger partial charge in [-0.25, -0.2) is 0 Å². The number of aliphatic carboxylic acids is 1. The summed E-state index contributed by atoms with van der Waals surface area (Å²) in [7, 11) is 1.55. The van der Waals surface area contributed by atoms with Crippen molar-refractivity contribution < 1.29 is 14.6 Å². The molecular weight excluding hydrogens is 240 g/mol. The van der Waals surface area contributed by atoms with Crippen molar-refractivity contribution in [3.8, 4) is 5.75 Å². The molecule has 17 heavy (non-hydrogen) atoms. The molecule has 1 aromatic rings. The fourth-order valence-corrected chi connectivity index (χ4v) is 2.33. The third-order valence-electron chi connectivity index (χ3n) is 3.05. The molecule has 0 saturated heterocycles. The Morgan fingerprint density at radius 3 is 2.65 bits per heavy atom. The predicted octanol–water partition coefficient (Wildman–Crippen LogP) is 3.56. The van der Waals surface area contributed by atoms with Crippen molar-refractivity contribution in [1.29, 1.82) is 0 Å². The van der Waals surface area contributed by atoms with Gasteiger partial charge in [0.05, 0.1) is 18.1 Å². The first-order valence-electron chi connectivity index (χ1n) is 5.58. The summed E-state index contributed by atoms with van der Waals surface area (Å²) in [5.74, 6) is -0.796. The Kier molecular flexibility index (Phi) is 4.82. The van der Waals surface area contributed by atoms with Crippen LogP contribution in [0.25, 0.3) is 0 Å². The van der Waals surface area contributed by atoms with Crippen LogP contribution in [0.1, 0.15) is 31.7 Å². The summed E-state index contributed by atoms with van der Waals surface area (Å²) in [6.07, 6.45) is 0.723. The van der Waals surface area contributed by atoms with Gasteiger partial charge in [-0.05, 0) is 24.0 Å². The minimum Gasteiger partial charge on any atom is -0.495 e. The van der Waals surface area contributed by atoms with Crippen LogP contribution in [-0.4, -0.2) is 18.2 Å². The van der Waals surface area contributed by atoms with E-state index in [1.54, 1.807) is 20.1 Å². The van der Waals surface area contributed by atoms with Crippen LogP contribution in [0.15, 0.2) is 18.2 Å². The molecular formula is C13H17ClO3. The van der Waals surface area contributed by atoms with Gasteiger partial charge in [0.2, 0.25) is 0 Å². The van der Waals surface area contributed by atoms with Gasteiger partial charge in [-0.2, -0.15) is 0 Å². The highest BCUT2D eigenvalue weighted by atomic mass is 35.5. The summed E-state index contributed by atoms with van der Waals surface area (Å²) in [6, 6.07) is 5.46. The molecule has 0 aliphatic heterocycles. The van der Waals surface area contributed by atoms with Crippen LogP contribution in [0.4, 0.5) is 0 Å². The van der Waals surface area contributed by atoms with Crippen molar-refractivity contribution in [2.75, 3.05) is 7.11 Å². The molecule has 0 bridgehead atoms. The van der Waals surface area contributed by atoms with Gasteiger partial charge in [0.15, 0.2) is 0 Å². The highest BCUT2D eigenvalue weighted by Crippen LogP contribution is 2.37. The second-order valence-electron chi connectivity index (χ2n) is 4.01. The molecule has 3 nitrogen and oxygen atoms in total. The van der Waals surface area contributed by atoms with E-state index in [0.717, 1.165) is 12.0 Å². The molecule has 0 aromatic heterocycles. The maximum absolute atomic E-state index is 11.1. The van der Waals surface area contributed by atoms with Crippen molar-refractivity contribution in [2.24, 2.45) is 5.92 Å². The summed E-state index contributed by atoms with van der Waals surface area (Å²) >= 11 is 6.21. The second kappa shape index (κ2) is 5.92. The average molecular weight is 257 g/mol. The van der Waals surface area contributed by atoms with Crippen LogP contribution in [0.3, 0.4) is 0 Å². The van der Waals surface area contributed by atoms with E-state index in [-0.39, 0.29) is 5.92 Å². The van der Waals surface area contributed by atoms with E-state index in [0.29, 0.717) is 10.8 Å². The van der Waals surface area contributed by atoms with Crippen molar-refractivity contribution in [1.82, 2.24) is 0 Å². The minimum atomic E-state index is -0.810. The molecule has 0 heterocycles. The Labute approximate surface area is 106 Å². The lowest BCUT2D eigenvalue weighted by Crippen LogP contribution is -2.18. The standard InChI is InChI=1S/C13H17ClO3/c1-4-9(8(2)13(15)16)10-6-5-7-11(17-3)12(10)14/h5-9H,4H2,1-3H3,(H,15,16). The summed E-state index contributed by atoms with van der Waals surface area (Å²) in [6.45, 7) is 3.66. The predicted molar refractivity (Wildman–Crippen MR) is 67.8 cm³/mol. The number of rotatable bonds is 5. The topological polar surface area (TPSA) is 46.5 Å². The molecule has 94 valence electrons. The van der Waals surface area contributed by atoms with Crippen LogP contribution in [0, 0.1) is 5.92 Å². The highest BCUT2D eigenvalue weighted by molar-refractivity contribution is 6.32. The lowest BCUT2D eigenvalue weighted by Gasteiger charge is -2.21. The Balaban J connectivity index is 3.16. The van der Waals surface area contributed by atoms with Gasteiger partial charge in [0.1, 0.15) is 5.75 Å². The lowest BCUT2D eigenvalue weighted by molar-refractivity contribution is -0.141. The van der Waals surface area contributed by atoms with E-state index < -0.39 is 11.9 Å². The van der Waals surface area contributed by atoms with E-state index in [4.69, 9.17) is 21.4 Å². The first-order valence-corrected chi connectivity index (χ1v) is 5.95. The minimum absolute atomic E-state index is 0.102. The molecule has 1 aromatic carbocycles. The molecule has 1 N–H and O–H groups in total. The molecule has 0 aliphatic rings. The molecule has 2 unspecified atom stereocenters. The summed E-state index contributed by atoms with van der Waals surface area (Å²) in [5, 5.41) is 9.60. The maximum Gasteiger partial charge on any atom is 0.306 e. The van der Waals surface area contributed by atoms with Crippen molar-refractivity contribution in [2.45, 2.75) is 26.2 Å². The Hall–Kier alpha value is -1.22. The third kappa shape index (κ3) is 2.91. The molecule has 0 spiro atoms. The monoisotopic (exact) mass is 256 g/mol. The number of ether oxygens (including phenoxy) is 1. The maximum atomic E-state index is 11.1. The van der Waals surface area contributed by atoms with Gasteiger partial charge >= 0.3 is 5.97 Å². The van der Waals surface area contributed by atoms with Gasteiger partial charge < -0.3 is 9.84 Å². The van der Waals surface area contributed by atoms with Gasteiger partial charge in [0.25, 0.3) is 0 Å². The zero-order chi connectivity index (χ0) is 13.0. The number of methoxy groups -OCH3 is 1. The quantitative estimate of drug-likeness (QED) is 0.876. The summed E-state index contributed by atoms with van der Waals surface area (Å²) in [4.78, 5) is 11.1. The summed E-state index contributed by atoms with van der Waals surface area (Å²) < 4.78 is 5.14. The number of carboxylic acid groups (broad SMARTS) is 1. The first-order chi connectivity index (χ1) is 8.02. The van der Waals surface area contributed by atoms with Crippen molar-refractivity contribution in [3.63, 3.8) is 0 Å². The Bertz CT molecular complexity index is 404. The number of hydrogen-bond donors (Lipinski definition) is 1. The molecule has 0 aliphatic carbocycles. The number of hydrogen-bond acceptors (Lipinski definition) is 2. The number of benzene rings is 1. The van der Waals surface area contributed by atoms with Gasteiger partial charge in [-0.1, -0.05) is 37.6 Å². The van der Waals surface area contributed by atoms with Gasteiger partial charge in [0, 0.05) is 0 Å². The van der Waals surface area contributed by atoms with E-state index in [1.165, 1.54) is 0 Å². The smallest absolute Gasteiger partial charge is 0.306 e. The molecule has 0 saturated carbocycles. The molecule has 1 rings (SSSR count). The van der Waals surface area contributed by atoms with Crippen molar-refractivity contribution >= 4 is 17.6 Å². The summed E-state index contributed by atoms with van der Waals surface area (Å²) in [5.41, 5.74) is 0.836. The lowest BCUT2D eigenvalue weighted by atomic mass is 9.85. The van der Waals surface area contributed by atoms with Gasteiger partial charge in [-0.15, -0.1) is 0 Å². The number of halogens is 1. The van der Waals surface area contributed by atoms with Crippen LogP contribution >= 0.6 is 11.6 Å². The molecule has 2 atom stereocenters. The fourth-order valence-electron chi connectivity index (χ4n) is 1.99. The largest absolute Gasteiger partial charge is 0.495 e. The SMILES string of the molecule is CCC(c1cccc(OC)c1Cl)C(C)C(=O)O. The normalized spacial score (nSPS) is 14.1. The number of carbonyl (C=O) groups is 1. The zero-order valence-corrected chi connectivity index (χ0v) is 11.0. The molecule has 0 fully saturated rings. The second-order valence-corrected chi connectivity index (χ2v) is 4.38. The third-order valence-corrected chi connectivity index (χ3v) is 3.45. The first kappa shape index (κ1) is 13.8. The van der Waals surface area contributed by atoms with Crippen molar-refractivity contribution in [3.05, 3.63) is 28.8 Å². The zero-order valence-electron chi connectivity index (χ0n) is 10.2. The van der Waals surface area contributed by atoms with E-state index >= 15 is 0 Å². The fraction of sp³-hybridized carbons (Fsp3) is 0.462. The average Bonchev–Trinajstić information content (AvgIpc) is 2.31. The van der Waals surface area contributed by atoms with E-state index in [9.17, 15) is 4.79 Å². The Morgan fingerprint density at radius 2 is 2.18 bits per heavy atom. The highest BCUT2D eigenvalue weighted by Gasteiger charge is 2.26. The number of carboxylic acids is 1. The van der Waals surface area contributed by atoms with Crippen LogP contribution in [0.2, 0.25) is 5.02 Å². The van der Waals surface area contributed by atoms with Crippen LogP contribution < -0.4 is 4.74 Å². The molecule has 4 heteroatoms. The van der Waals surface area contributed by atoms with E-state index in [2.05, 4.69) is 0 Å².